The maximum absolute atomic E-state index is 14.1. The third kappa shape index (κ3) is 2.44. The van der Waals surface area contributed by atoms with Gasteiger partial charge in [-0.05, 0) is 26.1 Å². The van der Waals surface area contributed by atoms with E-state index in [0.29, 0.717) is 16.5 Å². The molecule has 0 bridgehead atoms. The van der Waals surface area contributed by atoms with E-state index < -0.39 is 8.41 Å². The van der Waals surface area contributed by atoms with Gasteiger partial charge < -0.3 is 8.84 Å². The first kappa shape index (κ1) is 11.9. The van der Waals surface area contributed by atoms with Gasteiger partial charge in [-0.3, -0.25) is 4.79 Å². The quantitative estimate of drug-likeness (QED) is 0.449. The number of hydrogen-bond acceptors (Lipinski definition) is 2. The summed E-state index contributed by atoms with van der Waals surface area (Å²) in [4.78, 5) is 11.4. The number of ether oxygens (including phenoxy) is 1. The van der Waals surface area contributed by atoms with Gasteiger partial charge in [-0.1, -0.05) is 12.1 Å². The lowest BCUT2D eigenvalue weighted by Crippen LogP contribution is -2.41. The molecule has 0 N–H and O–H groups in total. The SMILES string of the molecule is COc1cccc(C(C)=O)c1[Si](C)(C)F. The molecule has 4 heteroatoms. The Kier molecular flexibility index (Phi) is 3.29. The molecule has 0 spiro atoms. The van der Waals surface area contributed by atoms with Crippen LogP contribution in [-0.2, 0) is 0 Å². The van der Waals surface area contributed by atoms with Gasteiger partial charge in [-0.15, -0.1) is 0 Å². The average molecular weight is 226 g/mol. The Hall–Kier alpha value is -1.16. The second-order valence-corrected chi connectivity index (χ2v) is 7.36. The summed E-state index contributed by atoms with van der Waals surface area (Å²) in [5.74, 6) is 0.351. The predicted octanol–water partition coefficient (Wildman–Crippen LogP) is 2.28. The first-order valence-corrected chi connectivity index (χ1v) is 7.63. The van der Waals surface area contributed by atoms with Crippen LogP contribution in [0.1, 0.15) is 17.3 Å². The number of hydrogen-bond donors (Lipinski definition) is 0. The monoisotopic (exact) mass is 226 g/mol. The first-order valence-electron chi connectivity index (χ1n) is 4.75. The van der Waals surface area contributed by atoms with Gasteiger partial charge in [0.1, 0.15) is 5.75 Å². The molecule has 0 saturated heterocycles. The average Bonchev–Trinajstić information content (AvgIpc) is 2.15. The van der Waals surface area contributed by atoms with Crippen molar-refractivity contribution in [2.24, 2.45) is 0 Å². The fraction of sp³-hybridized carbons (Fsp3) is 0.364. The van der Waals surface area contributed by atoms with E-state index in [1.54, 1.807) is 31.3 Å². The van der Waals surface area contributed by atoms with Gasteiger partial charge in [-0.2, -0.15) is 0 Å². The van der Waals surface area contributed by atoms with Gasteiger partial charge in [0.15, 0.2) is 5.78 Å². The second-order valence-electron chi connectivity index (χ2n) is 3.91. The van der Waals surface area contributed by atoms with Crippen LogP contribution in [0.4, 0.5) is 4.11 Å². The zero-order valence-corrected chi connectivity index (χ0v) is 10.4. The Balaban J connectivity index is 3.47. The molecule has 0 unspecified atom stereocenters. The second kappa shape index (κ2) is 4.14. The number of carbonyl (C=O) groups is 1. The Morgan fingerprint density at radius 2 is 2.00 bits per heavy atom. The number of ketones is 1. The third-order valence-electron chi connectivity index (χ3n) is 2.22. The summed E-state index contributed by atoms with van der Waals surface area (Å²) in [6.07, 6.45) is 0. The lowest BCUT2D eigenvalue weighted by atomic mass is 10.1. The summed E-state index contributed by atoms with van der Waals surface area (Å²) in [6.45, 7) is 4.55. The summed E-state index contributed by atoms with van der Waals surface area (Å²) in [5.41, 5.74) is 0.438. The van der Waals surface area contributed by atoms with Crippen molar-refractivity contribution in [1.82, 2.24) is 0 Å². The van der Waals surface area contributed by atoms with Crippen LogP contribution in [0.2, 0.25) is 13.1 Å². The van der Waals surface area contributed by atoms with E-state index in [2.05, 4.69) is 0 Å². The first-order chi connectivity index (χ1) is 6.88. The highest BCUT2D eigenvalue weighted by Crippen LogP contribution is 2.18. The van der Waals surface area contributed by atoms with Gasteiger partial charge in [0.05, 0.1) is 7.11 Å². The molecule has 0 aliphatic carbocycles. The van der Waals surface area contributed by atoms with Crippen molar-refractivity contribution in [3.63, 3.8) is 0 Å². The zero-order chi connectivity index (χ0) is 11.6. The number of methoxy groups -OCH3 is 1. The molecule has 0 atom stereocenters. The fourth-order valence-electron chi connectivity index (χ4n) is 1.61. The Labute approximate surface area is 90.3 Å². The molecule has 0 aliphatic rings. The van der Waals surface area contributed by atoms with E-state index in [-0.39, 0.29) is 5.78 Å². The summed E-state index contributed by atoms with van der Waals surface area (Å²) in [5, 5.41) is 0.458. The van der Waals surface area contributed by atoms with Gasteiger partial charge in [0.2, 0.25) is 0 Å². The molecule has 15 heavy (non-hydrogen) atoms. The van der Waals surface area contributed by atoms with Crippen molar-refractivity contribution in [1.29, 1.82) is 0 Å². The fourth-order valence-corrected chi connectivity index (χ4v) is 3.28. The maximum atomic E-state index is 14.1. The molecule has 0 saturated carbocycles. The summed E-state index contributed by atoms with van der Waals surface area (Å²) in [7, 11) is -1.56. The van der Waals surface area contributed by atoms with E-state index in [9.17, 15) is 8.90 Å². The summed E-state index contributed by atoms with van der Waals surface area (Å²) >= 11 is 0. The van der Waals surface area contributed by atoms with Gasteiger partial charge in [-0.25, -0.2) is 0 Å². The Morgan fingerprint density at radius 3 is 2.40 bits per heavy atom. The molecule has 1 aromatic carbocycles. The summed E-state index contributed by atoms with van der Waals surface area (Å²) < 4.78 is 19.2. The molecule has 0 aliphatic heterocycles. The minimum absolute atomic E-state index is 0.123. The van der Waals surface area contributed by atoms with Gasteiger partial charge in [0.25, 0.3) is 8.41 Å². The van der Waals surface area contributed by atoms with Crippen LogP contribution in [0.15, 0.2) is 18.2 Å². The highest BCUT2D eigenvalue weighted by Gasteiger charge is 2.31. The Bertz CT molecular complexity index is 383. The predicted molar refractivity (Wildman–Crippen MR) is 61.2 cm³/mol. The van der Waals surface area contributed by atoms with Crippen LogP contribution in [0, 0.1) is 0 Å². The zero-order valence-electron chi connectivity index (χ0n) is 9.43. The van der Waals surface area contributed by atoms with Gasteiger partial charge >= 0.3 is 0 Å². The highest BCUT2D eigenvalue weighted by atomic mass is 28.4. The van der Waals surface area contributed by atoms with Crippen molar-refractivity contribution in [3.05, 3.63) is 23.8 Å². The van der Waals surface area contributed by atoms with E-state index in [1.165, 1.54) is 14.0 Å². The van der Waals surface area contributed by atoms with Crippen LogP contribution in [-0.4, -0.2) is 21.3 Å². The van der Waals surface area contributed by atoms with Crippen molar-refractivity contribution in [3.8, 4) is 5.75 Å². The standard InChI is InChI=1S/C11H15FO2Si/c1-8(13)9-6-5-7-10(14-2)11(9)15(3,4)12/h5-7H,1-4H3. The molecule has 0 heterocycles. The number of Topliss-reactive ketones (excluding diaryl/α,β-unsaturated/α-hetero) is 1. The number of halogens is 1. The lowest BCUT2D eigenvalue weighted by Gasteiger charge is -2.18. The van der Waals surface area contributed by atoms with E-state index in [1.807, 2.05) is 0 Å². The van der Waals surface area contributed by atoms with Crippen molar-refractivity contribution in [2.75, 3.05) is 7.11 Å². The minimum Gasteiger partial charge on any atom is -0.497 e. The number of benzene rings is 1. The molecule has 0 fully saturated rings. The molecule has 0 amide bonds. The Morgan fingerprint density at radius 1 is 1.40 bits per heavy atom. The van der Waals surface area contributed by atoms with E-state index in [4.69, 9.17) is 4.74 Å². The summed E-state index contributed by atoms with van der Waals surface area (Å²) in [6, 6.07) is 5.05. The minimum atomic E-state index is -3.05. The smallest absolute Gasteiger partial charge is 0.275 e. The van der Waals surface area contributed by atoms with Crippen LogP contribution in [0.3, 0.4) is 0 Å². The molecule has 2 nitrogen and oxygen atoms in total. The molecule has 82 valence electrons. The van der Waals surface area contributed by atoms with Gasteiger partial charge in [0, 0.05) is 10.8 Å². The lowest BCUT2D eigenvalue weighted by molar-refractivity contribution is 0.101. The van der Waals surface area contributed by atoms with Crippen molar-refractivity contribution >= 4 is 19.4 Å². The van der Waals surface area contributed by atoms with E-state index in [0.717, 1.165) is 0 Å². The van der Waals surface area contributed by atoms with Crippen LogP contribution >= 0.6 is 0 Å². The number of carbonyl (C=O) groups excluding carboxylic acids is 1. The molecule has 0 aromatic heterocycles. The number of rotatable bonds is 3. The van der Waals surface area contributed by atoms with Crippen molar-refractivity contribution in [2.45, 2.75) is 20.0 Å². The molecule has 1 aromatic rings. The molecular formula is C11H15FO2Si. The van der Waals surface area contributed by atoms with E-state index >= 15 is 0 Å². The molecule has 1 rings (SSSR count). The highest BCUT2D eigenvalue weighted by molar-refractivity contribution is 6.85. The maximum Gasteiger partial charge on any atom is 0.275 e. The normalized spacial score (nSPS) is 11.3. The topological polar surface area (TPSA) is 26.3 Å². The van der Waals surface area contributed by atoms with Crippen LogP contribution in [0.5, 0.6) is 5.75 Å². The molecule has 0 radical (unpaired) electrons. The largest absolute Gasteiger partial charge is 0.497 e. The van der Waals surface area contributed by atoms with Crippen LogP contribution < -0.4 is 9.92 Å². The molecular weight excluding hydrogens is 211 g/mol. The third-order valence-corrected chi connectivity index (χ3v) is 3.92. The van der Waals surface area contributed by atoms with Crippen LogP contribution in [0.25, 0.3) is 0 Å². The van der Waals surface area contributed by atoms with Crippen molar-refractivity contribution < 1.29 is 13.6 Å².